The van der Waals surface area contributed by atoms with E-state index in [9.17, 15) is 13.2 Å². The summed E-state index contributed by atoms with van der Waals surface area (Å²) in [5, 5.41) is 6.46. The maximum atomic E-state index is 12.3. The van der Waals surface area contributed by atoms with Crippen molar-refractivity contribution in [3.8, 4) is 0 Å². The van der Waals surface area contributed by atoms with Crippen molar-refractivity contribution >= 4 is 5.96 Å². The van der Waals surface area contributed by atoms with Gasteiger partial charge in [0.2, 0.25) is 0 Å². The van der Waals surface area contributed by atoms with Crippen molar-refractivity contribution in [3.63, 3.8) is 0 Å². The Labute approximate surface area is 124 Å². The van der Waals surface area contributed by atoms with Gasteiger partial charge in [0.1, 0.15) is 0 Å². The fourth-order valence-electron chi connectivity index (χ4n) is 2.74. The zero-order valence-corrected chi connectivity index (χ0v) is 12.5. The lowest BCUT2D eigenvalue weighted by molar-refractivity contribution is -0.143. The van der Waals surface area contributed by atoms with Crippen LogP contribution in [0.1, 0.15) is 32.1 Å². The number of rotatable bonds is 6. The lowest BCUT2D eigenvalue weighted by atomic mass is 10.2. The highest BCUT2D eigenvalue weighted by molar-refractivity contribution is 5.79. The van der Waals surface area contributed by atoms with Crippen molar-refractivity contribution in [2.75, 3.05) is 33.2 Å². The van der Waals surface area contributed by atoms with E-state index in [0.717, 1.165) is 25.3 Å². The molecule has 2 aliphatic rings. The molecule has 0 aromatic heterocycles. The van der Waals surface area contributed by atoms with Gasteiger partial charge >= 0.3 is 6.18 Å². The molecular weight excluding hydrogens is 281 g/mol. The number of aliphatic imine (C=N–C) groups is 1. The van der Waals surface area contributed by atoms with Crippen LogP contribution in [-0.2, 0) is 0 Å². The first kappa shape index (κ1) is 16.4. The molecule has 2 fully saturated rings. The molecule has 1 saturated heterocycles. The van der Waals surface area contributed by atoms with Crippen molar-refractivity contribution in [1.82, 2.24) is 15.5 Å². The minimum Gasteiger partial charge on any atom is -0.356 e. The second-order valence-corrected chi connectivity index (χ2v) is 6.06. The first-order valence-electron chi connectivity index (χ1n) is 7.72. The second-order valence-electron chi connectivity index (χ2n) is 6.06. The van der Waals surface area contributed by atoms with E-state index >= 15 is 0 Å². The van der Waals surface area contributed by atoms with Gasteiger partial charge in [-0.2, -0.15) is 13.2 Å². The zero-order valence-electron chi connectivity index (χ0n) is 12.5. The van der Waals surface area contributed by atoms with Gasteiger partial charge in [-0.25, -0.2) is 0 Å². The van der Waals surface area contributed by atoms with Crippen LogP contribution in [-0.4, -0.2) is 56.3 Å². The molecule has 0 bridgehead atoms. The van der Waals surface area contributed by atoms with Gasteiger partial charge < -0.3 is 10.6 Å². The molecule has 1 heterocycles. The molecule has 1 atom stereocenters. The van der Waals surface area contributed by atoms with Crippen LogP contribution in [0, 0.1) is 5.92 Å². The first-order valence-corrected chi connectivity index (χ1v) is 7.72. The van der Waals surface area contributed by atoms with Gasteiger partial charge in [-0.05, 0) is 25.2 Å². The standard InChI is InChI=1S/C14H25F3N4/c1-18-13(19-7-2-3-11-4-5-11)20-12-6-8-21(9-12)10-14(15,16)17/h11-12H,2-10H2,1H3,(H2,18,19,20). The Bertz CT molecular complexity index is 353. The molecule has 2 rings (SSSR count). The molecule has 1 aliphatic heterocycles. The van der Waals surface area contributed by atoms with Gasteiger partial charge in [0.15, 0.2) is 5.96 Å². The quantitative estimate of drug-likeness (QED) is 0.448. The molecule has 2 N–H and O–H groups in total. The van der Waals surface area contributed by atoms with Crippen LogP contribution in [0.5, 0.6) is 0 Å². The monoisotopic (exact) mass is 306 g/mol. The van der Waals surface area contributed by atoms with Crippen LogP contribution >= 0.6 is 0 Å². The Morgan fingerprint density at radius 2 is 2.05 bits per heavy atom. The third kappa shape index (κ3) is 6.54. The topological polar surface area (TPSA) is 39.7 Å². The summed E-state index contributed by atoms with van der Waals surface area (Å²) in [7, 11) is 1.69. The average Bonchev–Trinajstić information content (AvgIpc) is 3.13. The third-order valence-electron chi connectivity index (χ3n) is 4.02. The van der Waals surface area contributed by atoms with E-state index in [1.807, 2.05) is 0 Å². The number of guanidine groups is 1. The Morgan fingerprint density at radius 3 is 2.67 bits per heavy atom. The average molecular weight is 306 g/mol. The van der Waals surface area contributed by atoms with Crippen molar-refractivity contribution in [3.05, 3.63) is 0 Å². The Hall–Kier alpha value is -0.980. The van der Waals surface area contributed by atoms with Crippen molar-refractivity contribution in [1.29, 1.82) is 0 Å². The molecule has 122 valence electrons. The number of hydrogen-bond acceptors (Lipinski definition) is 2. The summed E-state index contributed by atoms with van der Waals surface area (Å²) in [6.07, 6.45) is 1.72. The summed E-state index contributed by atoms with van der Waals surface area (Å²) >= 11 is 0. The molecule has 21 heavy (non-hydrogen) atoms. The van der Waals surface area contributed by atoms with E-state index in [2.05, 4.69) is 15.6 Å². The van der Waals surface area contributed by atoms with Gasteiger partial charge in [0.05, 0.1) is 6.54 Å². The number of halogens is 3. The number of alkyl halides is 3. The Balaban J connectivity index is 1.62. The first-order chi connectivity index (χ1) is 9.96. The normalized spacial score (nSPS) is 24.4. The smallest absolute Gasteiger partial charge is 0.356 e. The van der Waals surface area contributed by atoms with Crippen molar-refractivity contribution in [2.45, 2.75) is 44.3 Å². The van der Waals surface area contributed by atoms with E-state index in [-0.39, 0.29) is 6.04 Å². The molecule has 1 unspecified atom stereocenters. The molecule has 0 aromatic carbocycles. The largest absolute Gasteiger partial charge is 0.401 e. The molecule has 0 radical (unpaired) electrons. The van der Waals surface area contributed by atoms with Crippen LogP contribution in [0.4, 0.5) is 13.2 Å². The predicted molar refractivity (Wildman–Crippen MR) is 77.4 cm³/mol. The number of hydrogen-bond donors (Lipinski definition) is 2. The molecule has 7 heteroatoms. The fraction of sp³-hybridized carbons (Fsp3) is 0.929. The molecule has 0 aromatic rings. The van der Waals surface area contributed by atoms with E-state index in [0.29, 0.717) is 19.0 Å². The molecule has 0 amide bonds. The minimum atomic E-state index is -4.11. The minimum absolute atomic E-state index is 0.0435. The predicted octanol–water partition coefficient (Wildman–Crippen LogP) is 1.98. The Kier molecular flexibility index (Phi) is 5.72. The third-order valence-corrected chi connectivity index (χ3v) is 4.02. The van der Waals surface area contributed by atoms with Gasteiger partial charge in [0.25, 0.3) is 0 Å². The summed E-state index contributed by atoms with van der Waals surface area (Å²) in [6, 6.07) is 0.0435. The van der Waals surface area contributed by atoms with E-state index in [1.54, 1.807) is 7.05 Å². The molecular formula is C14H25F3N4. The maximum absolute atomic E-state index is 12.3. The van der Waals surface area contributed by atoms with Crippen LogP contribution in [0.25, 0.3) is 0 Å². The van der Waals surface area contributed by atoms with Gasteiger partial charge in [-0.3, -0.25) is 9.89 Å². The van der Waals surface area contributed by atoms with E-state index < -0.39 is 12.7 Å². The maximum Gasteiger partial charge on any atom is 0.401 e. The number of nitrogens with zero attached hydrogens (tertiary/aromatic N) is 2. The molecule has 1 aliphatic carbocycles. The van der Waals surface area contributed by atoms with Gasteiger partial charge in [-0.1, -0.05) is 12.8 Å². The second kappa shape index (κ2) is 7.33. The summed E-state index contributed by atoms with van der Waals surface area (Å²) in [6.45, 7) is 0.950. The number of nitrogens with one attached hydrogen (secondary N) is 2. The van der Waals surface area contributed by atoms with Crippen LogP contribution < -0.4 is 10.6 Å². The van der Waals surface area contributed by atoms with Gasteiger partial charge in [0, 0.05) is 32.7 Å². The van der Waals surface area contributed by atoms with E-state index in [1.165, 1.54) is 24.2 Å². The SMILES string of the molecule is CN=C(NCCCC1CC1)NC1CCN(CC(F)(F)F)C1. The summed E-state index contributed by atoms with van der Waals surface area (Å²) in [5.74, 6) is 1.62. The molecule has 0 spiro atoms. The van der Waals surface area contributed by atoms with Crippen molar-refractivity contribution < 1.29 is 13.2 Å². The molecule has 1 saturated carbocycles. The van der Waals surface area contributed by atoms with Crippen LogP contribution in [0.3, 0.4) is 0 Å². The zero-order chi connectivity index (χ0) is 15.3. The number of likely N-dealkylation sites (tertiary alicyclic amines) is 1. The van der Waals surface area contributed by atoms with Crippen LogP contribution in [0.2, 0.25) is 0 Å². The summed E-state index contributed by atoms with van der Waals surface area (Å²) in [5.41, 5.74) is 0. The Morgan fingerprint density at radius 1 is 1.29 bits per heavy atom. The summed E-state index contributed by atoms with van der Waals surface area (Å²) < 4.78 is 37.0. The highest BCUT2D eigenvalue weighted by Crippen LogP contribution is 2.33. The van der Waals surface area contributed by atoms with Crippen molar-refractivity contribution in [2.24, 2.45) is 10.9 Å². The highest BCUT2D eigenvalue weighted by atomic mass is 19.4. The molecule has 4 nitrogen and oxygen atoms in total. The fourth-order valence-corrected chi connectivity index (χ4v) is 2.74. The summed E-state index contributed by atoms with van der Waals surface area (Å²) in [4.78, 5) is 5.58. The van der Waals surface area contributed by atoms with Crippen LogP contribution in [0.15, 0.2) is 4.99 Å². The lowest BCUT2D eigenvalue weighted by Crippen LogP contribution is -2.45. The highest BCUT2D eigenvalue weighted by Gasteiger charge is 2.34. The van der Waals surface area contributed by atoms with Gasteiger partial charge in [-0.15, -0.1) is 0 Å². The van der Waals surface area contributed by atoms with E-state index in [4.69, 9.17) is 0 Å². The lowest BCUT2D eigenvalue weighted by Gasteiger charge is -2.19.